The van der Waals surface area contributed by atoms with E-state index in [9.17, 15) is 63.0 Å². The number of ketones is 1. The summed E-state index contributed by atoms with van der Waals surface area (Å²) in [5.74, 6) is -10.6. The van der Waals surface area contributed by atoms with E-state index in [1.165, 1.54) is 78.2 Å². The van der Waals surface area contributed by atoms with Crippen LogP contribution in [0.1, 0.15) is 142 Å². The maximum absolute atomic E-state index is 15.9. The Kier molecular flexibility index (Phi) is 26.7. The topological polar surface area (TPSA) is 449 Å². The average Bonchev–Trinajstić information content (AvgIpc) is 0.669. The highest BCUT2D eigenvalue weighted by atomic mass is 16.6. The number of anilines is 1. The van der Waals surface area contributed by atoms with Gasteiger partial charge in [-0.25, -0.2) is 28.8 Å². The lowest BCUT2D eigenvalue weighted by Crippen LogP contribution is -2.82. The van der Waals surface area contributed by atoms with Gasteiger partial charge in [-0.3, -0.25) is 33.6 Å². The summed E-state index contributed by atoms with van der Waals surface area (Å²) < 4.78 is 48.3. The Morgan fingerprint density at radius 2 is 1.40 bits per heavy atom. The number of rotatable bonds is 28. The van der Waals surface area contributed by atoms with Gasteiger partial charge in [0.1, 0.15) is 54.2 Å². The predicted molar refractivity (Wildman–Crippen MR) is 370 cm³/mol. The predicted octanol–water partition coefficient (Wildman–Crippen LogP) is 5.05. The van der Waals surface area contributed by atoms with E-state index in [0.717, 1.165) is 23.6 Å². The fraction of sp³-hybridized carbons (Fsp3) is 0.548. The molecule has 0 radical (unpaired) electrons. The molecule has 2 bridgehead atoms. The maximum Gasteiger partial charge on any atom is 0.410 e. The Bertz CT molecular complexity index is 3770. The molecule has 32 nitrogen and oxygen atoms in total. The van der Waals surface area contributed by atoms with Gasteiger partial charge in [0.2, 0.25) is 23.8 Å². The Balaban J connectivity index is 1.14. The number of aliphatic carboxylic acids is 1. The number of ether oxygens (including phenoxy) is 8. The molecule has 1 saturated heterocycles. The Morgan fingerprint density at radius 3 is 1.96 bits per heavy atom. The summed E-state index contributed by atoms with van der Waals surface area (Å²) >= 11 is 0. The first-order valence-electron chi connectivity index (χ1n) is 34.3. The number of urea groups is 1. The zero-order chi connectivity index (χ0) is 77.8. The Morgan fingerprint density at radius 1 is 0.781 bits per heavy atom. The molecule has 32 heteroatoms. The first-order valence-corrected chi connectivity index (χ1v) is 34.3. The van der Waals surface area contributed by atoms with Gasteiger partial charge in [-0.05, 0) is 99.9 Å². The number of carboxylic acids is 1. The van der Waals surface area contributed by atoms with Crippen molar-refractivity contribution in [1.29, 1.82) is 0 Å². The van der Waals surface area contributed by atoms with Crippen LogP contribution >= 0.6 is 0 Å². The third-order valence-electron chi connectivity index (χ3n) is 19.4. The number of primary amides is 1. The van der Waals surface area contributed by atoms with Crippen molar-refractivity contribution in [3.8, 4) is 0 Å². The van der Waals surface area contributed by atoms with E-state index in [4.69, 9.17) is 48.7 Å². The first-order chi connectivity index (χ1) is 49.1. The lowest BCUT2D eigenvalue weighted by Gasteiger charge is -2.67. The number of hydrogen-bond donors (Lipinski definition) is 9. The number of carbonyl (C=O) groups excluding carboxylic acids is 12. The molecule has 105 heavy (non-hydrogen) atoms. The van der Waals surface area contributed by atoms with E-state index in [1.807, 2.05) is 0 Å². The van der Waals surface area contributed by atoms with Crippen molar-refractivity contribution in [1.82, 2.24) is 31.1 Å². The molecule has 0 aromatic heterocycles. The number of likely N-dealkylation sites (N-methyl/N-ethyl adjacent to an activating group) is 2. The molecular weight excluding hydrogens is 1370 g/mol. The SMILES string of the molecule is CC(=O)O[C@H]1C(=O)[C@@]2(C)[C@H]([C@H](OC(=O)c3ccccc3)[C@]3(O)C[C@H](OC(=O)[C@H](OC(=O)N(C)CCN(C)C(=O)OCc4ccc(NC(=O)[C@H](CCCNC(N)=O)NC(=O)[C@@H](NC(=O)CCC(=O)O)C(C)C)cc4)[C@@H](NC(=O)OC(C)(C)C)c4ccccc4)C(C)=C1C3(C)C)[C@]1(OC(C)=O)CO[C@@H]1C[C@@H]2O. The van der Waals surface area contributed by atoms with Crippen LogP contribution in [0, 0.1) is 22.7 Å². The lowest BCUT2D eigenvalue weighted by molar-refractivity contribution is -0.346. The molecule has 572 valence electrons. The molecule has 10 N–H and O–H groups in total. The summed E-state index contributed by atoms with van der Waals surface area (Å²) in [5.41, 5.74) is -3.62. The van der Waals surface area contributed by atoms with Gasteiger partial charge in [-0.2, -0.15) is 0 Å². The zero-order valence-electron chi connectivity index (χ0n) is 61.1. The van der Waals surface area contributed by atoms with Gasteiger partial charge in [0.15, 0.2) is 17.5 Å². The van der Waals surface area contributed by atoms with Crippen molar-refractivity contribution in [3.05, 3.63) is 113 Å². The number of benzene rings is 3. The molecule has 3 fully saturated rings. The lowest BCUT2D eigenvalue weighted by atomic mass is 9.44. The number of amides is 8. The molecule has 8 amide bonds. The number of fused-ring (bicyclic) bond motifs is 5. The highest BCUT2D eigenvalue weighted by Gasteiger charge is 2.78. The highest BCUT2D eigenvalue weighted by molar-refractivity contribution is 5.99. The van der Waals surface area contributed by atoms with E-state index < -0.39 is 191 Å². The number of Topliss-reactive ketones (excluding diaryl/α,β-unsaturated/α-hetero) is 1. The van der Waals surface area contributed by atoms with Crippen LogP contribution in [-0.2, 0) is 82.9 Å². The number of alkyl carbamates (subject to hydrolysis) is 1. The summed E-state index contributed by atoms with van der Waals surface area (Å²) in [6, 6.07) is 16.8. The fourth-order valence-corrected chi connectivity index (χ4v) is 13.8. The van der Waals surface area contributed by atoms with Gasteiger partial charge in [0, 0.05) is 77.9 Å². The van der Waals surface area contributed by atoms with Crippen molar-refractivity contribution < 1.29 is 116 Å². The fourth-order valence-electron chi connectivity index (χ4n) is 13.8. The number of carbonyl (C=O) groups is 13. The minimum atomic E-state index is -2.58. The second kappa shape index (κ2) is 34.1. The summed E-state index contributed by atoms with van der Waals surface area (Å²) in [6.07, 6.45) is -15.4. The zero-order valence-corrected chi connectivity index (χ0v) is 61.1. The largest absolute Gasteiger partial charge is 0.481 e. The molecule has 3 aromatic carbocycles. The van der Waals surface area contributed by atoms with Gasteiger partial charge in [0.25, 0.3) is 0 Å². The standard InChI is InChI=1S/C73H96N8O24/c1-39(2)54(78-51(85)30-31-52(86)87)62(90)77-47(25-20-32-75-65(74)93)61(89)76-46-28-26-43(27-29-46)37-98-67(95)80(12)33-34-81(13)68(96)102-57(55(44-21-16-14-17-22-44)79-66(94)105-69(6,7)8)64(92)101-48-36-73(97)60(103-63(91)45-23-18-15-19-24-45)58-71(11,49(84)35-50-72(58,38-99-50)104-42(5)83)59(88)56(100-41(4)82)53(40(48)3)70(73,9)10/h14-19,21-24,26-29,39,47-50,54-58,60,84,97H,20,25,30-38H2,1-13H3,(H,76,89)(H,77,90)(H,78,85)(H,79,94)(H,86,87)(H3,74,75,93)/t47-,48-,49-,50+,54-,55-,56+,57+,58-,60-,71+,72-,73+/m0/s1. The number of nitrogens with one attached hydrogen (secondary N) is 5. The normalized spacial score (nSPS) is 24.0. The van der Waals surface area contributed by atoms with E-state index in [1.54, 1.807) is 83.1 Å². The van der Waals surface area contributed by atoms with Crippen molar-refractivity contribution in [2.24, 2.45) is 28.4 Å². The monoisotopic (exact) mass is 1470 g/mol. The summed E-state index contributed by atoms with van der Waals surface area (Å²) in [4.78, 5) is 179. The molecular formula is C73H96N8O24. The third kappa shape index (κ3) is 19.4. The van der Waals surface area contributed by atoms with Crippen molar-refractivity contribution in [2.75, 3.05) is 45.7 Å². The van der Waals surface area contributed by atoms with Gasteiger partial charge in [0.05, 0.1) is 36.0 Å². The van der Waals surface area contributed by atoms with Crippen LogP contribution in [0.2, 0.25) is 0 Å². The second-order valence-electron chi connectivity index (χ2n) is 28.8. The summed E-state index contributed by atoms with van der Waals surface area (Å²) in [6.45, 7) is 14.9. The summed E-state index contributed by atoms with van der Waals surface area (Å²) in [5, 5.41) is 48.4. The Labute approximate surface area is 607 Å². The minimum Gasteiger partial charge on any atom is -0.481 e. The van der Waals surface area contributed by atoms with E-state index in [-0.39, 0.29) is 79.9 Å². The Hall–Kier alpha value is -10.2. The van der Waals surface area contributed by atoms with Crippen LogP contribution < -0.4 is 32.3 Å². The van der Waals surface area contributed by atoms with Crippen LogP contribution in [-0.4, -0.2) is 209 Å². The van der Waals surface area contributed by atoms with Crippen LogP contribution in [0.5, 0.6) is 0 Å². The molecule has 1 heterocycles. The number of nitrogens with two attached hydrogens (primary N) is 1. The first kappa shape index (κ1) is 82.1. The number of aliphatic hydroxyl groups is 2. The molecule has 3 aromatic rings. The van der Waals surface area contributed by atoms with Gasteiger partial charge < -0.3 is 95.3 Å². The number of esters is 4. The quantitative estimate of drug-likeness (QED) is 0.0199. The van der Waals surface area contributed by atoms with Crippen LogP contribution in [0.25, 0.3) is 0 Å². The summed E-state index contributed by atoms with van der Waals surface area (Å²) in [7, 11) is 2.66. The van der Waals surface area contributed by atoms with Crippen LogP contribution in [0.4, 0.5) is 24.9 Å². The molecule has 7 rings (SSSR count). The molecule has 1 aliphatic heterocycles. The van der Waals surface area contributed by atoms with Crippen LogP contribution in [0.15, 0.2) is 96.1 Å². The van der Waals surface area contributed by atoms with E-state index in [2.05, 4.69) is 26.6 Å². The van der Waals surface area contributed by atoms with Crippen molar-refractivity contribution in [2.45, 2.75) is 193 Å². The molecule has 13 atom stereocenters. The number of hydrogen-bond acceptors (Lipinski definition) is 23. The third-order valence-corrected chi connectivity index (χ3v) is 19.4. The van der Waals surface area contributed by atoms with E-state index in [0.29, 0.717) is 5.56 Å². The van der Waals surface area contributed by atoms with Crippen LogP contribution in [0.3, 0.4) is 0 Å². The molecule has 2 saturated carbocycles. The average molecular weight is 1470 g/mol. The molecule has 3 aliphatic carbocycles. The molecule has 0 unspecified atom stereocenters. The minimum absolute atomic E-state index is 0.0135. The number of aliphatic hydroxyl groups excluding tert-OH is 1. The highest BCUT2D eigenvalue weighted by Crippen LogP contribution is 2.64. The van der Waals surface area contributed by atoms with Crippen molar-refractivity contribution >= 4 is 83.3 Å². The van der Waals surface area contributed by atoms with Crippen molar-refractivity contribution in [3.63, 3.8) is 0 Å². The number of nitrogens with zero attached hydrogens (tertiary/aromatic N) is 2. The second-order valence-corrected chi connectivity index (χ2v) is 28.8. The smallest absolute Gasteiger partial charge is 0.410 e. The number of carboxylic acid groups (broad SMARTS) is 1. The maximum atomic E-state index is 15.9. The van der Waals surface area contributed by atoms with Gasteiger partial charge in [-0.1, -0.05) is 88.4 Å². The van der Waals surface area contributed by atoms with Gasteiger partial charge in [-0.15, -0.1) is 0 Å². The van der Waals surface area contributed by atoms with Gasteiger partial charge >= 0.3 is 54.2 Å². The van der Waals surface area contributed by atoms with E-state index >= 15 is 9.59 Å². The molecule has 4 aliphatic rings. The molecule has 0 spiro atoms.